The second-order valence-corrected chi connectivity index (χ2v) is 7.05. The molecule has 0 aromatic carbocycles. The molecule has 116 valence electrons. The molecule has 5 nitrogen and oxygen atoms in total. The van der Waals surface area contributed by atoms with Crippen molar-refractivity contribution in [2.24, 2.45) is 0 Å². The number of carbonyl (C=O) groups is 1. The molecule has 22 heavy (non-hydrogen) atoms. The van der Waals surface area contributed by atoms with Crippen molar-refractivity contribution in [2.75, 3.05) is 6.54 Å². The molecular formula is C16H19N3O2S. The van der Waals surface area contributed by atoms with Gasteiger partial charge < -0.3 is 5.11 Å². The van der Waals surface area contributed by atoms with Gasteiger partial charge in [0.1, 0.15) is 10.7 Å². The first-order valence-electron chi connectivity index (χ1n) is 7.42. The minimum absolute atomic E-state index is 0.351. The summed E-state index contributed by atoms with van der Waals surface area (Å²) in [5, 5.41) is 8.99. The summed E-state index contributed by atoms with van der Waals surface area (Å²) in [6, 6.07) is 3.58. The number of carboxylic acid groups (broad SMARTS) is 1. The van der Waals surface area contributed by atoms with Crippen LogP contribution in [-0.4, -0.2) is 32.5 Å². The first kappa shape index (κ1) is 15.1. The summed E-state index contributed by atoms with van der Waals surface area (Å²) < 4.78 is 0. The molecule has 0 radical (unpaired) electrons. The van der Waals surface area contributed by atoms with Crippen molar-refractivity contribution in [2.45, 2.75) is 39.3 Å². The second-order valence-electron chi connectivity index (χ2n) is 5.89. The van der Waals surface area contributed by atoms with Gasteiger partial charge in [-0.05, 0) is 12.1 Å². The van der Waals surface area contributed by atoms with Crippen LogP contribution in [0, 0.1) is 0 Å². The molecule has 2 aromatic rings. The third kappa shape index (κ3) is 3.18. The fourth-order valence-electron chi connectivity index (χ4n) is 2.60. The molecule has 0 spiro atoms. The van der Waals surface area contributed by atoms with Crippen molar-refractivity contribution in [3.8, 4) is 0 Å². The van der Waals surface area contributed by atoms with Crippen LogP contribution in [0.2, 0.25) is 0 Å². The van der Waals surface area contributed by atoms with Gasteiger partial charge in [0.05, 0.1) is 0 Å². The molecule has 1 N–H and O–H groups in total. The van der Waals surface area contributed by atoms with Gasteiger partial charge in [-0.15, -0.1) is 11.3 Å². The van der Waals surface area contributed by atoms with E-state index < -0.39 is 5.97 Å². The van der Waals surface area contributed by atoms with Gasteiger partial charge in [-0.25, -0.2) is 14.8 Å². The van der Waals surface area contributed by atoms with Gasteiger partial charge in [-0.2, -0.15) is 0 Å². The highest BCUT2D eigenvalue weighted by molar-refractivity contribution is 7.13. The van der Waals surface area contributed by atoms with Crippen molar-refractivity contribution in [1.29, 1.82) is 0 Å². The molecule has 0 saturated heterocycles. The molecule has 1 aliphatic heterocycles. The van der Waals surface area contributed by atoms with E-state index in [9.17, 15) is 4.79 Å². The van der Waals surface area contributed by atoms with Crippen LogP contribution < -0.4 is 0 Å². The zero-order valence-electron chi connectivity index (χ0n) is 12.7. The number of nitrogens with zero attached hydrogens (tertiary/aromatic N) is 3. The number of carboxylic acids is 1. The van der Waals surface area contributed by atoms with Crippen LogP contribution in [0.3, 0.4) is 0 Å². The van der Waals surface area contributed by atoms with Gasteiger partial charge in [0.2, 0.25) is 0 Å². The molecule has 0 fully saturated rings. The van der Waals surface area contributed by atoms with Crippen LogP contribution in [0.1, 0.15) is 51.4 Å². The molecular weight excluding hydrogens is 298 g/mol. The van der Waals surface area contributed by atoms with Gasteiger partial charge >= 0.3 is 5.97 Å². The number of aromatic nitrogens is 2. The summed E-state index contributed by atoms with van der Waals surface area (Å²) >= 11 is 1.35. The maximum Gasteiger partial charge on any atom is 0.345 e. The third-order valence-electron chi connectivity index (χ3n) is 3.80. The molecule has 6 heteroatoms. The maximum absolute atomic E-state index is 10.9. The lowest BCUT2D eigenvalue weighted by molar-refractivity contribution is 0.0702. The minimum Gasteiger partial charge on any atom is -0.477 e. The first-order chi connectivity index (χ1) is 10.5. The molecule has 0 atom stereocenters. The minimum atomic E-state index is -0.852. The van der Waals surface area contributed by atoms with E-state index in [1.807, 2.05) is 12.3 Å². The summed E-state index contributed by atoms with van der Waals surface area (Å²) in [4.78, 5) is 23.9. The van der Waals surface area contributed by atoms with Crippen LogP contribution in [-0.2, 0) is 19.5 Å². The summed E-state index contributed by atoms with van der Waals surface area (Å²) in [5.41, 5.74) is 2.35. The number of fused-ring (bicyclic) bond motifs is 1. The Balaban J connectivity index is 1.70. The third-order valence-corrected chi connectivity index (χ3v) is 4.86. The normalized spacial score (nSPS) is 15.0. The predicted octanol–water partition coefficient (Wildman–Crippen LogP) is 2.92. The van der Waals surface area contributed by atoms with E-state index >= 15 is 0 Å². The Morgan fingerprint density at radius 3 is 2.95 bits per heavy atom. The lowest BCUT2D eigenvalue weighted by Gasteiger charge is -2.27. The van der Waals surface area contributed by atoms with Crippen molar-refractivity contribution >= 4 is 17.3 Å². The quantitative estimate of drug-likeness (QED) is 0.939. The maximum atomic E-state index is 10.9. The Kier molecular flexibility index (Phi) is 4.22. The van der Waals surface area contributed by atoms with Crippen LogP contribution >= 0.6 is 11.3 Å². The van der Waals surface area contributed by atoms with Gasteiger partial charge in [-0.1, -0.05) is 13.8 Å². The van der Waals surface area contributed by atoms with E-state index in [0.717, 1.165) is 42.5 Å². The van der Waals surface area contributed by atoms with Gasteiger partial charge in [-0.3, -0.25) is 4.90 Å². The lowest BCUT2D eigenvalue weighted by Crippen LogP contribution is -2.30. The van der Waals surface area contributed by atoms with E-state index in [4.69, 9.17) is 5.11 Å². The van der Waals surface area contributed by atoms with Crippen LogP contribution in [0.15, 0.2) is 18.3 Å². The highest BCUT2D eigenvalue weighted by Crippen LogP contribution is 2.23. The number of hydrogen-bond donors (Lipinski definition) is 1. The lowest BCUT2D eigenvalue weighted by atomic mass is 10.1. The smallest absolute Gasteiger partial charge is 0.345 e. The molecule has 0 amide bonds. The summed E-state index contributed by atoms with van der Waals surface area (Å²) in [5.74, 6) is 0.412. The molecule has 3 rings (SSSR count). The number of aromatic carboxylic acids is 1. The Hall–Kier alpha value is -1.79. The molecule has 1 aliphatic rings. The van der Waals surface area contributed by atoms with Crippen LogP contribution in [0.5, 0.6) is 0 Å². The molecule has 3 heterocycles. The van der Waals surface area contributed by atoms with E-state index in [1.54, 1.807) is 6.07 Å². The number of thiophene rings is 1. The fraction of sp³-hybridized carbons (Fsp3) is 0.438. The highest BCUT2D eigenvalue weighted by atomic mass is 32.1. The summed E-state index contributed by atoms with van der Waals surface area (Å²) in [6.45, 7) is 6.76. The zero-order valence-corrected chi connectivity index (χ0v) is 13.6. The van der Waals surface area contributed by atoms with E-state index in [-0.39, 0.29) is 0 Å². The van der Waals surface area contributed by atoms with Crippen molar-refractivity contribution in [3.05, 3.63) is 45.2 Å². The van der Waals surface area contributed by atoms with Crippen LogP contribution in [0.25, 0.3) is 0 Å². The topological polar surface area (TPSA) is 66.3 Å². The monoisotopic (exact) mass is 317 g/mol. The van der Waals surface area contributed by atoms with Crippen molar-refractivity contribution in [3.63, 3.8) is 0 Å². The second kappa shape index (κ2) is 6.14. The molecule has 0 aliphatic carbocycles. The SMILES string of the molecule is CC(C)c1ncc2c(n1)CCN(Cc1ccc(C(=O)O)s1)C2. The largest absolute Gasteiger partial charge is 0.477 e. The Morgan fingerprint density at radius 1 is 1.45 bits per heavy atom. The van der Waals surface area contributed by atoms with Gasteiger partial charge in [0.25, 0.3) is 0 Å². The van der Waals surface area contributed by atoms with E-state index in [2.05, 4.69) is 28.7 Å². The average molecular weight is 317 g/mol. The number of hydrogen-bond acceptors (Lipinski definition) is 5. The Morgan fingerprint density at radius 2 is 2.27 bits per heavy atom. The number of rotatable bonds is 4. The average Bonchev–Trinajstić information content (AvgIpc) is 2.95. The summed E-state index contributed by atoms with van der Waals surface area (Å²) in [6.07, 6.45) is 2.87. The van der Waals surface area contributed by atoms with E-state index in [1.165, 1.54) is 16.9 Å². The zero-order chi connectivity index (χ0) is 15.7. The van der Waals surface area contributed by atoms with E-state index in [0.29, 0.717) is 10.8 Å². The predicted molar refractivity (Wildman–Crippen MR) is 85.2 cm³/mol. The van der Waals surface area contributed by atoms with Crippen molar-refractivity contribution in [1.82, 2.24) is 14.9 Å². The molecule has 0 bridgehead atoms. The first-order valence-corrected chi connectivity index (χ1v) is 8.23. The summed E-state index contributed by atoms with van der Waals surface area (Å²) in [7, 11) is 0. The van der Waals surface area contributed by atoms with Gasteiger partial charge in [0.15, 0.2) is 0 Å². The highest BCUT2D eigenvalue weighted by Gasteiger charge is 2.20. The van der Waals surface area contributed by atoms with Gasteiger partial charge in [0, 0.05) is 54.3 Å². The van der Waals surface area contributed by atoms with Crippen molar-refractivity contribution < 1.29 is 9.90 Å². The molecule has 0 unspecified atom stereocenters. The Labute approximate surface area is 133 Å². The molecule has 2 aromatic heterocycles. The van der Waals surface area contributed by atoms with Crippen LogP contribution in [0.4, 0.5) is 0 Å². The molecule has 0 saturated carbocycles. The Bertz CT molecular complexity index is 696. The fourth-order valence-corrected chi connectivity index (χ4v) is 3.49. The standard InChI is InChI=1S/C16H19N3O2S/c1-10(2)15-17-7-11-8-19(6-5-13(11)18-15)9-12-3-4-14(22-12)16(20)21/h3-4,7,10H,5-6,8-9H2,1-2H3,(H,20,21).